The fourth-order valence-corrected chi connectivity index (χ4v) is 3.77. The molecule has 0 aliphatic heterocycles. The summed E-state index contributed by atoms with van der Waals surface area (Å²) in [7, 11) is 7.87. The molecule has 134 valence electrons. The number of hydrogen-bond donors (Lipinski definition) is 1. The maximum Gasteiger partial charge on any atom is 0.0983 e. The largest absolute Gasteiger partial charge is 0.309 e. The van der Waals surface area contributed by atoms with Crippen LogP contribution in [-0.2, 0) is 19.0 Å². The third-order valence-electron chi connectivity index (χ3n) is 2.95. The molecule has 1 aromatic heterocycles. The van der Waals surface area contributed by atoms with E-state index in [-0.39, 0.29) is 0 Å². The minimum Gasteiger partial charge on any atom is -0.309 e. The van der Waals surface area contributed by atoms with E-state index < -0.39 is 0 Å². The number of aromatic nitrogens is 3. The van der Waals surface area contributed by atoms with Crippen LogP contribution in [0.25, 0.3) is 0 Å². The van der Waals surface area contributed by atoms with Gasteiger partial charge in [0, 0.05) is 25.4 Å². The van der Waals surface area contributed by atoms with Gasteiger partial charge in [0.15, 0.2) is 0 Å². The van der Waals surface area contributed by atoms with Crippen molar-refractivity contribution < 1.29 is 0 Å². The van der Waals surface area contributed by atoms with Crippen molar-refractivity contribution in [2.75, 3.05) is 26.4 Å². The SMILES string of the molecule is CC.CN(C)CCSSCn1cc(CNCc2ccccc2)nn1. The average molecular weight is 368 g/mol. The minimum absolute atomic E-state index is 0.743. The molecule has 5 nitrogen and oxygen atoms in total. The van der Waals surface area contributed by atoms with Gasteiger partial charge in [-0.3, -0.25) is 0 Å². The predicted octanol–water partition coefficient (Wildman–Crippen LogP) is 3.49. The van der Waals surface area contributed by atoms with Crippen LogP contribution in [0.2, 0.25) is 0 Å². The number of benzene rings is 1. The fraction of sp³-hybridized carbons (Fsp3) is 0.529. The topological polar surface area (TPSA) is 46.0 Å². The molecule has 0 unspecified atom stereocenters. The van der Waals surface area contributed by atoms with E-state index in [9.17, 15) is 0 Å². The van der Waals surface area contributed by atoms with Gasteiger partial charge in [-0.15, -0.1) is 5.10 Å². The molecule has 1 heterocycles. The number of rotatable bonds is 10. The van der Waals surface area contributed by atoms with Crippen LogP contribution in [0.5, 0.6) is 0 Å². The van der Waals surface area contributed by atoms with E-state index in [1.54, 1.807) is 0 Å². The lowest BCUT2D eigenvalue weighted by Gasteiger charge is -2.07. The molecule has 0 spiro atoms. The van der Waals surface area contributed by atoms with Gasteiger partial charge in [-0.1, -0.05) is 71.0 Å². The highest BCUT2D eigenvalue weighted by molar-refractivity contribution is 8.76. The molecular formula is C17H29N5S2. The van der Waals surface area contributed by atoms with Crippen LogP contribution < -0.4 is 5.32 Å². The highest BCUT2D eigenvalue weighted by atomic mass is 33.1. The second-order valence-electron chi connectivity index (χ2n) is 5.21. The first-order valence-corrected chi connectivity index (χ1v) is 10.8. The second-order valence-corrected chi connectivity index (χ2v) is 7.76. The lowest BCUT2D eigenvalue weighted by molar-refractivity contribution is 0.438. The summed E-state index contributed by atoms with van der Waals surface area (Å²) in [5, 5.41) is 11.7. The van der Waals surface area contributed by atoms with E-state index >= 15 is 0 Å². The molecule has 0 fully saturated rings. The molecule has 2 rings (SSSR count). The zero-order chi connectivity index (χ0) is 17.6. The summed E-state index contributed by atoms with van der Waals surface area (Å²) >= 11 is 0. The maximum absolute atomic E-state index is 4.19. The Balaban J connectivity index is 0.00000139. The molecule has 0 saturated carbocycles. The Morgan fingerprint density at radius 2 is 1.83 bits per heavy atom. The third-order valence-corrected chi connectivity index (χ3v) is 5.16. The van der Waals surface area contributed by atoms with Gasteiger partial charge in [-0.2, -0.15) is 0 Å². The molecule has 0 saturated heterocycles. The maximum atomic E-state index is 4.19. The molecular weight excluding hydrogens is 338 g/mol. The first-order valence-electron chi connectivity index (χ1n) is 8.27. The summed E-state index contributed by atoms with van der Waals surface area (Å²) in [5.74, 6) is 1.96. The molecule has 24 heavy (non-hydrogen) atoms. The molecule has 1 aromatic carbocycles. The van der Waals surface area contributed by atoms with E-state index in [0.29, 0.717) is 0 Å². The van der Waals surface area contributed by atoms with Gasteiger partial charge >= 0.3 is 0 Å². The van der Waals surface area contributed by atoms with Gasteiger partial charge in [-0.25, -0.2) is 4.68 Å². The summed E-state index contributed by atoms with van der Waals surface area (Å²) in [5.41, 5.74) is 2.26. The van der Waals surface area contributed by atoms with Crippen LogP contribution in [0.1, 0.15) is 25.1 Å². The fourth-order valence-electron chi connectivity index (χ4n) is 1.78. The van der Waals surface area contributed by atoms with Crippen LogP contribution in [0.15, 0.2) is 36.5 Å². The monoisotopic (exact) mass is 367 g/mol. The van der Waals surface area contributed by atoms with Crippen molar-refractivity contribution in [3.8, 4) is 0 Å². The number of nitrogens with zero attached hydrogens (tertiary/aromatic N) is 4. The zero-order valence-corrected chi connectivity index (χ0v) is 16.7. The van der Waals surface area contributed by atoms with Crippen molar-refractivity contribution in [2.24, 2.45) is 0 Å². The first-order chi connectivity index (χ1) is 11.7. The van der Waals surface area contributed by atoms with Crippen molar-refractivity contribution in [2.45, 2.75) is 32.8 Å². The van der Waals surface area contributed by atoms with Gasteiger partial charge in [0.05, 0.1) is 17.8 Å². The summed E-state index contributed by atoms with van der Waals surface area (Å²) in [6.07, 6.45) is 2.01. The van der Waals surface area contributed by atoms with Gasteiger partial charge in [0.25, 0.3) is 0 Å². The van der Waals surface area contributed by atoms with E-state index in [1.807, 2.05) is 52.4 Å². The molecule has 7 heteroatoms. The van der Waals surface area contributed by atoms with Crippen LogP contribution in [0.4, 0.5) is 0 Å². The number of nitrogens with one attached hydrogen (secondary N) is 1. The molecule has 0 aliphatic carbocycles. The minimum atomic E-state index is 0.743. The van der Waals surface area contributed by atoms with Crippen LogP contribution in [0.3, 0.4) is 0 Å². The van der Waals surface area contributed by atoms with E-state index in [4.69, 9.17) is 0 Å². The average Bonchev–Trinajstić information content (AvgIpc) is 3.05. The van der Waals surface area contributed by atoms with Crippen molar-refractivity contribution in [3.05, 3.63) is 47.8 Å². The predicted molar refractivity (Wildman–Crippen MR) is 107 cm³/mol. The van der Waals surface area contributed by atoms with Gasteiger partial charge in [0.1, 0.15) is 0 Å². The lowest BCUT2D eigenvalue weighted by Crippen LogP contribution is -2.14. The molecule has 0 bridgehead atoms. The first kappa shape index (κ1) is 21.0. The molecule has 2 aromatic rings. The Morgan fingerprint density at radius 3 is 2.54 bits per heavy atom. The number of hydrogen-bond acceptors (Lipinski definition) is 6. The van der Waals surface area contributed by atoms with E-state index in [1.165, 1.54) is 5.56 Å². The molecule has 0 amide bonds. The Morgan fingerprint density at radius 1 is 1.08 bits per heavy atom. The van der Waals surface area contributed by atoms with E-state index in [0.717, 1.165) is 37.0 Å². The Labute approximate surface area is 154 Å². The zero-order valence-electron chi connectivity index (χ0n) is 15.1. The Bertz CT molecular complexity index is 531. The highest BCUT2D eigenvalue weighted by Crippen LogP contribution is 2.22. The van der Waals surface area contributed by atoms with Gasteiger partial charge in [0.2, 0.25) is 0 Å². The smallest absolute Gasteiger partial charge is 0.0983 e. The Hall–Kier alpha value is -1.02. The van der Waals surface area contributed by atoms with Crippen molar-refractivity contribution in [1.82, 2.24) is 25.2 Å². The molecule has 1 N–H and O–H groups in total. The van der Waals surface area contributed by atoms with Crippen LogP contribution in [0, 0.1) is 0 Å². The standard InChI is InChI=1S/C15H23N5S2.C2H6/c1-19(2)8-9-21-22-13-20-12-15(17-18-20)11-16-10-14-6-4-3-5-7-14;1-2/h3-7,12,16H,8-11,13H2,1-2H3;1-2H3. The summed E-state index contributed by atoms with van der Waals surface area (Å²) < 4.78 is 1.90. The van der Waals surface area contributed by atoms with Gasteiger partial charge in [-0.05, 0) is 19.7 Å². The van der Waals surface area contributed by atoms with E-state index in [2.05, 4.69) is 58.9 Å². The quantitative estimate of drug-likeness (QED) is 0.512. The summed E-state index contributed by atoms with van der Waals surface area (Å²) in [6, 6.07) is 10.4. The molecule has 0 radical (unpaired) electrons. The Kier molecular flexibility index (Phi) is 11.6. The normalized spacial score (nSPS) is 10.5. The van der Waals surface area contributed by atoms with Crippen molar-refractivity contribution in [1.29, 1.82) is 0 Å². The summed E-state index contributed by atoms with van der Waals surface area (Å²) in [6.45, 7) is 6.69. The molecule has 0 atom stereocenters. The van der Waals surface area contributed by atoms with Crippen molar-refractivity contribution >= 4 is 21.6 Å². The molecule has 0 aliphatic rings. The highest BCUT2D eigenvalue weighted by Gasteiger charge is 2.01. The van der Waals surface area contributed by atoms with Crippen LogP contribution in [-0.4, -0.2) is 46.3 Å². The van der Waals surface area contributed by atoms with Gasteiger partial charge < -0.3 is 10.2 Å². The second kappa shape index (κ2) is 13.3. The van der Waals surface area contributed by atoms with Crippen molar-refractivity contribution in [3.63, 3.8) is 0 Å². The summed E-state index contributed by atoms with van der Waals surface area (Å²) in [4.78, 5) is 2.19. The third kappa shape index (κ3) is 9.32. The van der Waals surface area contributed by atoms with Crippen LogP contribution >= 0.6 is 21.6 Å². The lowest BCUT2D eigenvalue weighted by atomic mass is 10.2.